The molecule has 3 rings (SSSR count). The molecule has 0 aromatic carbocycles. The molecule has 3 fully saturated rings. The summed E-state index contributed by atoms with van der Waals surface area (Å²) < 4.78 is 0. The Kier molecular flexibility index (Phi) is 5.27. The van der Waals surface area contributed by atoms with Gasteiger partial charge >= 0.3 is 0 Å². The van der Waals surface area contributed by atoms with Crippen LogP contribution in [0.5, 0.6) is 0 Å². The number of thioether (sulfide) groups is 1. The monoisotopic (exact) mass is 295 g/mol. The zero-order valence-electron chi connectivity index (χ0n) is 12.8. The van der Waals surface area contributed by atoms with E-state index in [0.717, 1.165) is 31.1 Å². The molecule has 4 heteroatoms. The lowest BCUT2D eigenvalue weighted by molar-refractivity contribution is 0.252. The maximum Gasteiger partial charge on any atom is 0.156 e. The Balaban J connectivity index is 1.42. The van der Waals surface area contributed by atoms with Crippen LogP contribution in [-0.4, -0.2) is 48.0 Å². The molecule has 3 nitrogen and oxygen atoms in total. The van der Waals surface area contributed by atoms with Crippen LogP contribution in [0, 0.1) is 5.92 Å². The van der Waals surface area contributed by atoms with Gasteiger partial charge in [-0.05, 0) is 38.6 Å². The number of fused-ring (bicyclic) bond motifs is 1. The Hall–Kier alpha value is -0.220. The lowest BCUT2D eigenvalue weighted by Gasteiger charge is -2.37. The first kappa shape index (κ1) is 14.7. The van der Waals surface area contributed by atoms with E-state index in [-0.39, 0.29) is 0 Å². The van der Waals surface area contributed by atoms with Crippen LogP contribution in [0.2, 0.25) is 0 Å². The van der Waals surface area contributed by atoms with Gasteiger partial charge in [-0.15, -0.1) is 0 Å². The molecule has 3 aliphatic rings. The van der Waals surface area contributed by atoms with Crippen molar-refractivity contribution in [1.82, 2.24) is 10.2 Å². The SMILES string of the molecule is CN(CCN=C1NC2CCCCC2CS1)C1CCCC1. The van der Waals surface area contributed by atoms with E-state index < -0.39 is 0 Å². The maximum atomic E-state index is 4.81. The predicted octanol–water partition coefficient (Wildman–Crippen LogP) is 3.11. The summed E-state index contributed by atoms with van der Waals surface area (Å²) in [6.45, 7) is 2.07. The van der Waals surface area contributed by atoms with E-state index in [4.69, 9.17) is 4.99 Å². The van der Waals surface area contributed by atoms with Crippen LogP contribution in [0.4, 0.5) is 0 Å². The molecule has 1 heterocycles. The van der Waals surface area contributed by atoms with E-state index in [1.807, 2.05) is 11.8 Å². The van der Waals surface area contributed by atoms with Gasteiger partial charge in [-0.25, -0.2) is 0 Å². The van der Waals surface area contributed by atoms with Crippen molar-refractivity contribution in [2.24, 2.45) is 10.9 Å². The summed E-state index contributed by atoms with van der Waals surface area (Å²) in [4.78, 5) is 7.33. The number of amidine groups is 1. The summed E-state index contributed by atoms with van der Waals surface area (Å²) in [5.74, 6) is 2.18. The minimum absolute atomic E-state index is 0.719. The topological polar surface area (TPSA) is 27.6 Å². The molecule has 1 aliphatic heterocycles. The van der Waals surface area contributed by atoms with Crippen LogP contribution in [0.15, 0.2) is 4.99 Å². The van der Waals surface area contributed by atoms with Gasteiger partial charge in [-0.2, -0.15) is 0 Å². The van der Waals surface area contributed by atoms with E-state index in [1.165, 1.54) is 62.3 Å². The van der Waals surface area contributed by atoms with Gasteiger partial charge in [0, 0.05) is 24.4 Å². The average molecular weight is 295 g/mol. The van der Waals surface area contributed by atoms with Crippen molar-refractivity contribution < 1.29 is 0 Å². The summed E-state index contributed by atoms with van der Waals surface area (Å²) in [6, 6.07) is 1.54. The molecule has 2 unspecified atom stereocenters. The number of aliphatic imine (C=N–C) groups is 1. The van der Waals surface area contributed by atoms with Crippen molar-refractivity contribution >= 4 is 16.9 Å². The van der Waals surface area contributed by atoms with Crippen molar-refractivity contribution in [2.75, 3.05) is 25.9 Å². The number of hydrogen-bond acceptors (Lipinski definition) is 3. The molecular formula is C16H29N3S. The van der Waals surface area contributed by atoms with E-state index in [0.29, 0.717) is 0 Å². The van der Waals surface area contributed by atoms with Crippen LogP contribution >= 0.6 is 11.8 Å². The number of nitrogens with zero attached hydrogens (tertiary/aromatic N) is 2. The molecule has 0 aromatic heterocycles. The second-order valence-corrected chi connectivity index (χ2v) is 7.72. The van der Waals surface area contributed by atoms with Gasteiger partial charge < -0.3 is 10.2 Å². The fourth-order valence-corrected chi connectivity index (χ4v) is 5.10. The standard InChI is InChI=1S/C16H29N3S/c1-19(14-7-3-4-8-14)11-10-17-16-18-15-9-5-2-6-13(15)12-20-16/h13-15H,2-12H2,1H3,(H,17,18). The van der Waals surface area contributed by atoms with Gasteiger partial charge in [0.1, 0.15) is 0 Å². The molecule has 0 aromatic rings. The first-order chi connectivity index (χ1) is 9.83. The molecule has 20 heavy (non-hydrogen) atoms. The highest BCUT2D eigenvalue weighted by Gasteiger charge is 2.30. The second kappa shape index (κ2) is 7.17. The Bertz CT molecular complexity index is 339. The molecule has 2 aliphatic carbocycles. The first-order valence-corrected chi connectivity index (χ1v) is 9.45. The van der Waals surface area contributed by atoms with Gasteiger partial charge in [-0.3, -0.25) is 4.99 Å². The summed E-state index contributed by atoms with van der Waals surface area (Å²) >= 11 is 1.95. The average Bonchev–Trinajstić information content (AvgIpc) is 3.01. The zero-order chi connectivity index (χ0) is 13.8. The van der Waals surface area contributed by atoms with Crippen molar-refractivity contribution in [1.29, 1.82) is 0 Å². The maximum absolute atomic E-state index is 4.81. The van der Waals surface area contributed by atoms with Crippen molar-refractivity contribution in [3.63, 3.8) is 0 Å². The number of rotatable bonds is 4. The van der Waals surface area contributed by atoms with Gasteiger partial charge in [0.05, 0.1) is 6.54 Å². The van der Waals surface area contributed by atoms with Gasteiger partial charge in [0.2, 0.25) is 0 Å². The van der Waals surface area contributed by atoms with Gasteiger partial charge in [-0.1, -0.05) is 37.4 Å². The third-order valence-electron chi connectivity index (χ3n) is 5.31. The molecule has 1 saturated heterocycles. The summed E-state index contributed by atoms with van der Waals surface area (Å²) in [7, 11) is 2.27. The molecule has 114 valence electrons. The zero-order valence-corrected chi connectivity index (χ0v) is 13.6. The van der Waals surface area contributed by atoms with E-state index >= 15 is 0 Å². The Morgan fingerprint density at radius 3 is 2.75 bits per heavy atom. The summed E-state index contributed by atoms with van der Waals surface area (Å²) in [5.41, 5.74) is 0. The first-order valence-electron chi connectivity index (χ1n) is 8.47. The highest BCUT2D eigenvalue weighted by Crippen LogP contribution is 2.31. The van der Waals surface area contributed by atoms with Crippen molar-refractivity contribution in [2.45, 2.75) is 63.5 Å². The number of hydrogen-bond donors (Lipinski definition) is 1. The summed E-state index contributed by atoms with van der Waals surface area (Å²) in [6.07, 6.45) is 11.2. The van der Waals surface area contributed by atoms with E-state index in [9.17, 15) is 0 Å². The highest BCUT2D eigenvalue weighted by molar-refractivity contribution is 8.13. The van der Waals surface area contributed by atoms with Gasteiger partial charge in [0.15, 0.2) is 5.17 Å². The molecule has 0 radical (unpaired) electrons. The van der Waals surface area contributed by atoms with E-state index in [2.05, 4.69) is 17.3 Å². The van der Waals surface area contributed by atoms with Crippen molar-refractivity contribution in [3.8, 4) is 0 Å². The Morgan fingerprint density at radius 1 is 1.15 bits per heavy atom. The molecule has 2 saturated carbocycles. The molecular weight excluding hydrogens is 266 g/mol. The Labute approximate surface area is 128 Å². The quantitative estimate of drug-likeness (QED) is 0.863. The predicted molar refractivity (Wildman–Crippen MR) is 88.5 cm³/mol. The smallest absolute Gasteiger partial charge is 0.156 e. The highest BCUT2D eigenvalue weighted by atomic mass is 32.2. The van der Waals surface area contributed by atoms with Crippen LogP contribution in [0.3, 0.4) is 0 Å². The molecule has 0 spiro atoms. The lowest BCUT2D eigenvalue weighted by atomic mass is 9.86. The fraction of sp³-hybridized carbons (Fsp3) is 0.938. The summed E-state index contributed by atoms with van der Waals surface area (Å²) in [5, 5.41) is 4.91. The van der Waals surface area contributed by atoms with Gasteiger partial charge in [0.25, 0.3) is 0 Å². The molecule has 0 bridgehead atoms. The lowest BCUT2D eigenvalue weighted by Crippen LogP contribution is -2.46. The Morgan fingerprint density at radius 2 is 1.90 bits per heavy atom. The van der Waals surface area contributed by atoms with E-state index in [1.54, 1.807) is 0 Å². The number of nitrogens with one attached hydrogen (secondary N) is 1. The number of likely N-dealkylation sites (N-methyl/N-ethyl adjacent to an activating group) is 1. The normalized spacial score (nSPS) is 33.4. The third-order valence-corrected chi connectivity index (χ3v) is 6.42. The minimum Gasteiger partial charge on any atom is -0.362 e. The largest absolute Gasteiger partial charge is 0.362 e. The van der Waals surface area contributed by atoms with Crippen LogP contribution in [0.1, 0.15) is 51.4 Å². The second-order valence-electron chi connectivity index (χ2n) is 6.71. The van der Waals surface area contributed by atoms with Crippen molar-refractivity contribution in [3.05, 3.63) is 0 Å². The molecule has 0 amide bonds. The van der Waals surface area contributed by atoms with Crippen LogP contribution in [-0.2, 0) is 0 Å². The molecule has 1 N–H and O–H groups in total. The van der Waals surface area contributed by atoms with Crippen LogP contribution in [0.25, 0.3) is 0 Å². The third kappa shape index (κ3) is 3.70. The van der Waals surface area contributed by atoms with Crippen LogP contribution < -0.4 is 5.32 Å². The minimum atomic E-state index is 0.719. The fourth-order valence-electron chi connectivity index (χ4n) is 3.91. The molecule has 2 atom stereocenters.